The lowest BCUT2D eigenvalue weighted by Gasteiger charge is -2.66. The van der Waals surface area contributed by atoms with Crippen LogP contribution in [0.4, 0.5) is 0 Å². The van der Waals surface area contributed by atoms with Gasteiger partial charge in [0.25, 0.3) is 0 Å². The Balaban J connectivity index is 2.86. The van der Waals surface area contributed by atoms with Gasteiger partial charge in [0, 0.05) is 11.1 Å². The molecule has 0 radical (unpaired) electrons. The zero-order valence-corrected chi connectivity index (χ0v) is 41.6. The van der Waals surface area contributed by atoms with Crippen LogP contribution in [0, 0.1) is 39.9 Å². The number of rotatable bonds is 33. The van der Waals surface area contributed by atoms with Crippen LogP contribution in [0.15, 0.2) is 0 Å². The van der Waals surface area contributed by atoms with E-state index in [1.54, 1.807) is 0 Å². The van der Waals surface area contributed by atoms with E-state index >= 15 is 4.79 Å². The normalized spacial score (nSPS) is 24.0. The van der Waals surface area contributed by atoms with Gasteiger partial charge < -0.3 is 30.2 Å². The summed E-state index contributed by atoms with van der Waals surface area (Å²) in [4.78, 5) is 62.8. The number of hydrogen-bond donors (Lipinski definition) is 4. The van der Waals surface area contributed by atoms with Gasteiger partial charge >= 0.3 is 23.9 Å². The van der Waals surface area contributed by atoms with Crippen molar-refractivity contribution in [2.24, 2.45) is 39.9 Å². The number of carboxylic acid groups (broad SMARTS) is 4. The van der Waals surface area contributed by atoms with Crippen molar-refractivity contribution in [3.63, 3.8) is 0 Å². The second kappa shape index (κ2) is 26.1. The Kier molecular flexibility index (Phi) is 23.5. The van der Waals surface area contributed by atoms with E-state index in [1.807, 2.05) is 55.6 Å². The van der Waals surface area contributed by atoms with Crippen LogP contribution in [0.3, 0.4) is 0 Å². The molecule has 62 heavy (non-hydrogen) atoms. The van der Waals surface area contributed by atoms with Crippen molar-refractivity contribution in [3.8, 4) is 0 Å². The minimum Gasteiger partial charge on any atom is -0.481 e. The molecule has 0 aromatic rings. The maximum absolute atomic E-state index is 15.3. The van der Waals surface area contributed by atoms with E-state index < -0.39 is 81.3 Å². The van der Waals surface area contributed by atoms with E-state index in [2.05, 4.69) is 23.6 Å². The van der Waals surface area contributed by atoms with Crippen molar-refractivity contribution < 1.29 is 39.6 Å². The van der Waals surface area contributed by atoms with Gasteiger partial charge in [-0.05, 0) is 104 Å². The van der Waals surface area contributed by atoms with E-state index in [9.17, 15) is 34.8 Å². The molecule has 0 amide bonds. The third-order valence-corrected chi connectivity index (χ3v) is 17.6. The summed E-state index contributed by atoms with van der Waals surface area (Å²) in [5.74, 6) is -8.37. The first-order valence-corrected chi connectivity index (χ1v) is 25.6. The molecule has 6 atom stereocenters. The lowest BCUT2D eigenvalue weighted by Crippen LogP contribution is -2.74. The van der Waals surface area contributed by atoms with Crippen LogP contribution in [0.1, 0.15) is 229 Å². The number of hydrogen-bond acceptors (Lipinski definition) is 6. The lowest BCUT2D eigenvalue weighted by molar-refractivity contribution is -0.243. The van der Waals surface area contributed by atoms with Crippen LogP contribution in [-0.2, 0) is 19.2 Å². The van der Waals surface area contributed by atoms with Crippen LogP contribution in [0.25, 0.3) is 0 Å². The lowest BCUT2D eigenvalue weighted by atomic mass is 9.36. The Labute approximate surface area is 379 Å². The van der Waals surface area contributed by atoms with Crippen LogP contribution in [0.2, 0.25) is 0 Å². The molecule has 362 valence electrons. The van der Waals surface area contributed by atoms with Gasteiger partial charge in [-0.3, -0.25) is 19.2 Å². The Morgan fingerprint density at radius 3 is 1.13 bits per heavy atom. The highest BCUT2D eigenvalue weighted by molar-refractivity contribution is 5.96. The van der Waals surface area contributed by atoms with Crippen LogP contribution in [-0.4, -0.2) is 92.4 Å². The van der Waals surface area contributed by atoms with Crippen molar-refractivity contribution >= 4 is 23.9 Å². The van der Waals surface area contributed by atoms with Crippen LogP contribution in [0.5, 0.6) is 0 Å². The monoisotopic (exact) mass is 877 g/mol. The molecule has 6 unspecified atom stereocenters. The van der Waals surface area contributed by atoms with Crippen LogP contribution >= 0.6 is 0 Å². The molecule has 2 aliphatic heterocycles. The SMILES string of the molecule is CCCCCCCCCCCCCC(CCCCCCCCCCCCC)(C(=O)O)C(C(=O)O)(C1CCN(C)C(C)(C)C1C)C(CC(=O)O)(C(=O)O)C1CCN(C)C(C)(C)C1C. The smallest absolute Gasteiger partial charge is 0.312 e. The predicted octanol–water partition coefficient (Wildman–Crippen LogP) is 12.8. The molecule has 0 saturated carbocycles. The Morgan fingerprint density at radius 1 is 0.500 bits per heavy atom. The van der Waals surface area contributed by atoms with Gasteiger partial charge in [-0.15, -0.1) is 0 Å². The van der Waals surface area contributed by atoms with Gasteiger partial charge in [0.15, 0.2) is 0 Å². The van der Waals surface area contributed by atoms with E-state index in [0.29, 0.717) is 38.8 Å². The van der Waals surface area contributed by atoms with Gasteiger partial charge in [0.05, 0.1) is 17.3 Å². The Morgan fingerprint density at radius 2 is 0.823 bits per heavy atom. The first-order chi connectivity index (χ1) is 29.2. The standard InChI is InChI=1S/C52H96N2O8/c1-11-13-15-17-19-21-23-25-27-29-31-35-50(45(57)58,36-32-30-28-26-24-22-20-18-16-14-12-2)52(47(61)62,43-34-38-54(10)49(7,8)41(43)4)51(46(59)60,39-44(55)56)42-33-37-53(9)48(5,6)40(42)3/h40-43H,11-39H2,1-10H3,(H,55,56)(H,57,58)(H,59,60)(H,61,62). The van der Waals surface area contributed by atoms with E-state index in [1.165, 1.54) is 64.2 Å². The molecule has 4 N–H and O–H groups in total. The summed E-state index contributed by atoms with van der Waals surface area (Å²) in [6.07, 6.45) is 22.6. The second-order valence-electron chi connectivity index (χ2n) is 21.4. The molecule has 0 spiro atoms. The quantitative estimate of drug-likeness (QED) is 0.0468. The number of unbranched alkanes of at least 4 members (excludes halogenated alkanes) is 20. The summed E-state index contributed by atoms with van der Waals surface area (Å²) in [7, 11) is 3.96. The first-order valence-electron chi connectivity index (χ1n) is 25.6. The van der Waals surface area contributed by atoms with Crippen molar-refractivity contribution in [1.82, 2.24) is 9.80 Å². The summed E-state index contributed by atoms with van der Waals surface area (Å²) < 4.78 is 0. The summed E-state index contributed by atoms with van der Waals surface area (Å²) in [6, 6.07) is 0. The topological polar surface area (TPSA) is 156 Å². The molecule has 2 aliphatic rings. The molecule has 0 aliphatic carbocycles. The van der Waals surface area contributed by atoms with Gasteiger partial charge in [0.1, 0.15) is 5.41 Å². The van der Waals surface area contributed by atoms with Crippen molar-refractivity contribution in [2.75, 3.05) is 27.2 Å². The summed E-state index contributed by atoms with van der Waals surface area (Å²) in [5, 5.41) is 47.6. The van der Waals surface area contributed by atoms with Gasteiger partial charge in [0.2, 0.25) is 0 Å². The summed E-state index contributed by atoms with van der Waals surface area (Å²) in [6.45, 7) is 17.3. The molecule has 0 bridgehead atoms. The Hall–Kier alpha value is -2.20. The van der Waals surface area contributed by atoms with E-state index in [-0.39, 0.29) is 25.7 Å². The maximum Gasteiger partial charge on any atom is 0.312 e. The third-order valence-electron chi connectivity index (χ3n) is 17.6. The van der Waals surface area contributed by atoms with Crippen molar-refractivity contribution in [2.45, 2.75) is 240 Å². The molecule has 2 saturated heterocycles. The number of carboxylic acids is 4. The molecular weight excluding hydrogens is 781 g/mol. The molecular formula is C52H96N2O8. The zero-order valence-electron chi connectivity index (χ0n) is 41.6. The minimum absolute atomic E-state index is 0.00193. The number of carbonyl (C=O) groups is 4. The highest BCUT2D eigenvalue weighted by atomic mass is 16.4. The highest BCUT2D eigenvalue weighted by Gasteiger charge is 2.79. The molecule has 2 rings (SSSR count). The van der Waals surface area contributed by atoms with Crippen molar-refractivity contribution in [1.29, 1.82) is 0 Å². The van der Waals surface area contributed by atoms with E-state index in [4.69, 9.17) is 0 Å². The number of likely N-dealkylation sites (tertiary alicyclic amines) is 2. The number of piperidine rings is 2. The predicted molar refractivity (Wildman–Crippen MR) is 253 cm³/mol. The molecule has 2 fully saturated rings. The molecule has 2 heterocycles. The molecule has 10 heteroatoms. The molecule has 0 aromatic heterocycles. The molecule has 10 nitrogen and oxygen atoms in total. The average molecular weight is 877 g/mol. The summed E-state index contributed by atoms with van der Waals surface area (Å²) >= 11 is 0. The van der Waals surface area contributed by atoms with Gasteiger partial charge in [-0.2, -0.15) is 0 Å². The highest BCUT2D eigenvalue weighted by Crippen LogP contribution is 2.70. The maximum atomic E-state index is 15.3. The fourth-order valence-electron chi connectivity index (χ4n) is 12.6. The fourth-order valence-corrected chi connectivity index (χ4v) is 12.6. The van der Waals surface area contributed by atoms with Crippen LogP contribution < -0.4 is 0 Å². The van der Waals surface area contributed by atoms with E-state index in [0.717, 1.165) is 51.4 Å². The van der Waals surface area contributed by atoms with Gasteiger partial charge in [-0.25, -0.2) is 0 Å². The first kappa shape index (κ1) is 55.9. The van der Waals surface area contributed by atoms with Gasteiger partial charge in [-0.1, -0.05) is 169 Å². The molecule has 0 aromatic carbocycles. The number of nitrogens with zero attached hydrogens (tertiary/aromatic N) is 2. The fraction of sp³-hybridized carbons (Fsp3) is 0.923. The zero-order chi connectivity index (χ0) is 46.8. The average Bonchev–Trinajstić information content (AvgIpc) is 3.20. The number of aliphatic carboxylic acids is 4. The minimum atomic E-state index is -2.45. The largest absolute Gasteiger partial charge is 0.481 e. The summed E-state index contributed by atoms with van der Waals surface area (Å²) in [5.41, 5.74) is -8.14. The second-order valence-corrected chi connectivity index (χ2v) is 21.4. The van der Waals surface area contributed by atoms with Crippen molar-refractivity contribution in [3.05, 3.63) is 0 Å². The Bertz CT molecular complexity index is 1340. The third kappa shape index (κ3) is 12.8.